The predicted octanol–water partition coefficient (Wildman–Crippen LogP) is 2.61. The number of aromatic nitrogens is 2. The second kappa shape index (κ2) is 6.37. The first-order chi connectivity index (χ1) is 9.83. The molecule has 1 N–H and O–H groups in total. The van der Waals surface area contributed by atoms with Gasteiger partial charge in [-0.3, -0.25) is 0 Å². The lowest BCUT2D eigenvalue weighted by Crippen LogP contribution is -2.37. The van der Waals surface area contributed by atoms with Crippen LogP contribution in [0.1, 0.15) is 25.1 Å². The fraction of sp³-hybridized carbons (Fsp3) is 0.562. The Morgan fingerprint density at radius 2 is 2.10 bits per heavy atom. The van der Waals surface area contributed by atoms with Crippen molar-refractivity contribution >= 4 is 11.0 Å². The summed E-state index contributed by atoms with van der Waals surface area (Å²) in [6.07, 6.45) is 4.50. The van der Waals surface area contributed by atoms with Gasteiger partial charge >= 0.3 is 0 Å². The van der Waals surface area contributed by atoms with Gasteiger partial charge in [0.15, 0.2) is 0 Å². The lowest BCUT2D eigenvalue weighted by molar-refractivity contribution is 0.0428. The van der Waals surface area contributed by atoms with Gasteiger partial charge in [-0.25, -0.2) is 4.98 Å². The first-order valence-corrected chi connectivity index (χ1v) is 7.54. The average molecular weight is 273 g/mol. The van der Waals surface area contributed by atoms with Crippen LogP contribution in [-0.2, 0) is 11.2 Å². The van der Waals surface area contributed by atoms with Crippen molar-refractivity contribution in [2.45, 2.75) is 31.7 Å². The summed E-state index contributed by atoms with van der Waals surface area (Å²) < 4.78 is 5.42. The Kier molecular flexibility index (Phi) is 4.33. The van der Waals surface area contributed by atoms with Crippen molar-refractivity contribution in [2.24, 2.45) is 0 Å². The molecule has 0 atom stereocenters. The molecule has 3 rings (SSSR count). The Morgan fingerprint density at radius 3 is 2.90 bits per heavy atom. The van der Waals surface area contributed by atoms with Gasteiger partial charge in [-0.05, 0) is 45.0 Å². The van der Waals surface area contributed by atoms with Crippen molar-refractivity contribution in [3.8, 4) is 0 Å². The summed E-state index contributed by atoms with van der Waals surface area (Å²) in [6.45, 7) is 2.96. The van der Waals surface area contributed by atoms with Crippen LogP contribution in [0.2, 0.25) is 0 Å². The molecule has 1 aromatic carbocycles. The normalized spacial score (nSPS) is 17.1. The number of hydrogen-bond acceptors (Lipinski definition) is 3. The van der Waals surface area contributed by atoms with E-state index < -0.39 is 0 Å². The molecule has 1 aromatic heterocycles. The summed E-state index contributed by atoms with van der Waals surface area (Å²) in [6, 6.07) is 8.91. The number of H-pyrrole nitrogens is 1. The maximum atomic E-state index is 5.42. The minimum Gasteiger partial charge on any atom is -0.381 e. The van der Waals surface area contributed by atoms with E-state index in [1.54, 1.807) is 0 Å². The molecule has 0 unspecified atom stereocenters. The summed E-state index contributed by atoms with van der Waals surface area (Å²) in [5, 5.41) is 0. The monoisotopic (exact) mass is 273 g/mol. The van der Waals surface area contributed by atoms with Gasteiger partial charge in [0, 0.05) is 25.7 Å². The van der Waals surface area contributed by atoms with E-state index in [-0.39, 0.29) is 0 Å². The first kappa shape index (κ1) is 13.6. The number of rotatable bonds is 5. The Hall–Kier alpha value is -1.39. The zero-order chi connectivity index (χ0) is 13.8. The third kappa shape index (κ3) is 3.19. The van der Waals surface area contributed by atoms with E-state index in [0.717, 1.165) is 49.5 Å². The number of para-hydroxylation sites is 2. The highest BCUT2D eigenvalue weighted by molar-refractivity contribution is 5.74. The molecule has 1 aliphatic rings. The van der Waals surface area contributed by atoms with Crippen molar-refractivity contribution in [2.75, 3.05) is 26.8 Å². The van der Waals surface area contributed by atoms with Crippen molar-refractivity contribution in [1.29, 1.82) is 0 Å². The van der Waals surface area contributed by atoms with Gasteiger partial charge in [0.05, 0.1) is 11.0 Å². The molecule has 4 heteroatoms. The molecule has 1 aliphatic heterocycles. The summed E-state index contributed by atoms with van der Waals surface area (Å²) >= 11 is 0. The molecule has 0 amide bonds. The minimum atomic E-state index is 0.694. The molecule has 0 saturated carbocycles. The third-order valence-electron chi connectivity index (χ3n) is 4.18. The Balaban J connectivity index is 1.49. The van der Waals surface area contributed by atoms with Gasteiger partial charge in [0.1, 0.15) is 5.82 Å². The Bertz CT molecular complexity index is 512. The van der Waals surface area contributed by atoms with E-state index in [2.05, 4.69) is 34.0 Å². The van der Waals surface area contributed by atoms with Crippen LogP contribution >= 0.6 is 0 Å². The van der Waals surface area contributed by atoms with Gasteiger partial charge in [0.2, 0.25) is 0 Å². The Labute approximate surface area is 120 Å². The molecule has 1 fully saturated rings. The van der Waals surface area contributed by atoms with Crippen molar-refractivity contribution < 1.29 is 4.74 Å². The molecular weight excluding hydrogens is 250 g/mol. The van der Waals surface area contributed by atoms with Crippen molar-refractivity contribution in [3.05, 3.63) is 30.1 Å². The molecule has 20 heavy (non-hydrogen) atoms. The summed E-state index contributed by atoms with van der Waals surface area (Å²) in [7, 11) is 2.23. The fourth-order valence-electron chi connectivity index (χ4n) is 2.93. The van der Waals surface area contributed by atoms with Crippen LogP contribution in [0.5, 0.6) is 0 Å². The minimum absolute atomic E-state index is 0.694. The van der Waals surface area contributed by atoms with Crippen LogP contribution in [-0.4, -0.2) is 47.7 Å². The predicted molar refractivity (Wildman–Crippen MR) is 80.9 cm³/mol. The van der Waals surface area contributed by atoms with Gasteiger partial charge in [0.25, 0.3) is 0 Å². The van der Waals surface area contributed by atoms with E-state index >= 15 is 0 Å². The maximum absolute atomic E-state index is 5.42. The van der Waals surface area contributed by atoms with Crippen LogP contribution in [0.25, 0.3) is 11.0 Å². The molecule has 108 valence electrons. The Morgan fingerprint density at radius 1 is 1.30 bits per heavy atom. The zero-order valence-electron chi connectivity index (χ0n) is 12.1. The van der Waals surface area contributed by atoms with Crippen molar-refractivity contribution in [3.63, 3.8) is 0 Å². The van der Waals surface area contributed by atoms with E-state index in [1.165, 1.54) is 12.8 Å². The van der Waals surface area contributed by atoms with Crippen LogP contribution in [0.4, 0.5) is 0 Å². The number of fused-ring (bicyclic) bond motifs is 1. The molecule has 0 aliphatic carbocycles. The molecular formula is C16H23N3O. The number of ether oxygens (including phenoxy) is 1. The fourth-order valence-corrected chi connectivity index (χ4v) is 2.93. The molecule has 1 saturated heterocycles. The van der Waals surface area contributed by atoms with E-state index in [0.29, 0.717) is 6.04 Å². The summed E-state index contributed by atoms with van der Waals surface area (Å²) in [4.78, 5) is 10.5. The first-order valence-electron chi connectivity index (χ1n) is 7.54. The van der Waals surface area contributed by atoms with Gasteiger partial charge in [-0.2, -0.15) is 0 Å². The van der Waals surface area contributed by atoms with Crippen molar-refractivity contribution in [1.82, 2.24) is 14.9 Å². The van der Waals surface area contributed by atoms with Crippen LogP contribution in [0, 0.1) is 0 Å². The summed E-state index contributed by atoms with van der Waals surface area (Å²) in [5.41, 5.74) is 2.21. The van der Waals surface area contributed by atoms with Gasteiger partial charge < -0.3 is 14.6 Å². The highest BCUT2D eigenvalue weighted by Gasteiger charge is 2.17. The highest BCUT2D eigenvalue weighted by Crippen LogP contribution is 2.14. The smallest absolute Gasteiger partial charge is 0.107 e. The number of benzene rings is 1. The van der Waals surface area contributed by atoms with Crippen LogP contribution in [0.3, 0.4) is 0 Å². The molecule has 0 bridgehead atoms. The zero-order valence-corrected chi connectivity index (χ0v) is 12.1. The molecule has 0 spiro atoms. The van der Waals surface area contributed by atoms with Gasteiger partial charge in [-0.15, -0.1) is 0 Å². The summed E-state index contributed by atoms with van der Waals surface area (Å²) in [5.74, 6) is 1.10. The molecule has 0 radical (unpaired) electrons. The topological polar surface area (TPSA) is 41.2 Å². The number of imidazole rings is 1. The SMILES string of the molecule is CN(CCCc1nc2ccccc2[nH]1)C1CCOCC1. The average Bonchev–Trinajstić information content (AvgIpc) is 2.90. The highest BCUT2D eigenvalue weighted by atomic mass is 16.5. The molecule has 2 aromatic rings. The number of nitrogens with zero attached hydrogens (tertiary/aromatic N) is 2. The number of aryl methyl sites for hydroxylation is 1. The number of hydrogen-bond donors (Lipinski definition) is 1. The van der Waals surface area contributed by atoms with E-state index in [1.807, 2.05) is 12.1 Å². The number of nitrogens with one attached hydrogen (secondary N) is 1. The van der Waals surface area contributed by atoms with Gasteiger partial charge in [-0.1, -0.05) is 12.1 Å². The molecule has 4 nitrogen and oxygen atoms in total. The standard InChI is InChI=1S/C16H23N3O/c1-19(13-8-11-20-12-9-13)10-4-7-16-17-14-5-2-3-6-15(14)18-16/h2-3,5-6,13H,4,7-12H2,1H3,(H,17,18). The molecule has 2 heterocycles. The quantitative estimate of drug-likeness (QED) is 0.910. The lowest BCUT2D eigenvalue weighted by atomic mass is 10.1. The van der Waals surface area contributed by atoms with E-state index in [4.69, 9.17) is 4.74 Å². The van der Waals surface area contributed by atoms with Crippen LogP contribution < -0.4 is 0 Å². The lowest BCUT2D eigenvalue weighted by Gasteiger charge is -2.31. The third-order valence-corrected chi connectivity index (χ3v) is 4.18. The number of aromatic amines is 1. The maximum Gasteiger partial charge on any atom is 0.107 e. The second-order valence-electron chi connectivity index (χ2n) is 5.63. The second-order valence-corrected chi connectivity index (χ2v) is 5.63. The van der Waals surface area contributed by atoms with E-state index in [9.17, 15) is 0 Å². The largest absolute Gasteiger partial charge is 0.381 e. The van der Waals surface area contributed by atoms with Crippen LogP contribution in [0.15, 0.2) is 24.3 Å².